The van der Waals surface area contributed by atoms with Gasteiger partial charge in [0.25, 0.3) is 0 Å². The van der Waals surface area contributed by atoms with Gasteiger partial charge in [-0.05, 0) is 64.5 Å². The van der Waals surface area contributed by atoms with Crippen molar-refractivity contribution in [1.82, 2.24) is 9.80 Å². The van der Waals surface area contributed by atoms with Crippen molar-refractivity contribution in [1.29, 1.82) is 0 Å². The molecule has 0 saturated carbocycles. The summed E-state index contributed by atoms with van der Waals surface area (Å²) in [7, 11) is 4.05. The van der Waals surface area contributed by atoms with Crippen molar-refractivity contribution in [2.45, 2.75) is 39.3 Å². The first kappa shape index (κ1) is 17.6. The van der Waals surface area contributed by atoms with E-state index in [9.17, 15) is 4.79 Å². The third kappa shape index (κ3) is 5.43. The smallest absolute Gasteiger partial charge is 0.410 e. The predicted octanol–water partition coefficient (Wildman–Crippen LogP) is 2.92. The molecule has 23 heavy (non-hydrogen) atoms. The van der Waals surface area contributed by atoms with Gasteiger partial charge in [-0.2, -0.15) is 0 Å². The number of nitrogens with zero attached hydrogens (tertiary/aromatic N) is 2. The molecule has 128 valence electrons. The fourth-order valence-electron chi connectivity index (χ4n) is 2.45. The fraction of sp³-hybridized carbons (Fsp3) is 0.611. The second-order valence-electron chi connectivity index (χ2n) is 7.23. The Kier molecular flexibility index (Phi) is 5.52. The maximum Gasteiger partial charge on any atom is 0.410 e. The topological polar surface area (TPSA) is 42.0 Å². The first-order valence-corrected chi connectivity index (χ1v) is 8.12. The van der Waals surface area contributed by atoms with Gasteiger partial charge in [-0.3, -0.25) is 0 Å². The minimum absolute atomic E-state index is 0.248. The van der Waals surface area contributed by atoms with Crippen molar-refractivity contribution in [3.63, 3.8) is 0 Å². The van der Waals surface area contributed by atoms with Gasteiger partial charge in [-0.15, -0.1) is 0 Å². The molecule has 0 aromatic heterocycles. The summed E-state index contributed by atoms with van der Waals surface area (Å²) >= 11 is 0. The second kappa shape index (κ2) is 7.21. The van der Waals surface area contributed by atoms with E-state index in [0.717, 1.165) is 24.3 Å². The number of ether oxygens (including phenoxy) is 2. The van der Waals surface area contributed by atoms with Crippen molar-refractivity contribution in [2.24, 2.45) is 0 Å². The van der Waals surface area contributed by atoms with Crippen LogP contribution in [0.4, 0.5) is 4.79 Å². The van der Waals surface area contributed by atoms with Crippen molar-refractivity contribution in [3.05, 3.63) is 29.3 Å². The van der Waals surface area contributed by atoms with Gasteiger partial charge in [0, 0.05) is 19.6 Å². The molecule has 0 N–H and O–H groups in total. The zero-order valence-electron chi connectivity index (χ0n) is 14.9. The molecule has 1 amide bonds. The Bertz CT molecular complexity index is 550. The Hall–Kier alpha value is -1.75. The van der Waals surface area contributed by atoms with Crippen LogP contribution in [0.2, 0.25) is 0 Å². The zero-order valence-corrected chi connectivity index (χ0v) is 14.9. The Morgan fingerprint density at radius 3 is 2.65 bits per heavy atom. The highest BCUT2D eigenvalue weighted by Gasteiger charge is 2.25. The molecule has 1 aromatic carbocycles. The Balaban J connectivity index is 1.99. The number of benzene rings is 1. The Labute approximate surface area is 139 Å². The van der Waals surface area contributed by atoms with Crippen molar-refractivity contribution in [3.8, 4) is 5.75 Å². The molecule has 0 aliphatic carbocycles. The second-order valence-corrected chi connectivity index (χ2v) is 7.23. The number of fused-ring (bicyclic) bond motifs is 1. The van der Waals surface area contributed by atoms with Crippen LogP contribution in [0.5, 0.6) is 5.75 Å². The third-order valence-electron chi connectivity index (χ3n) is 3.65. The van der Waals surface area contributed by atoms with Crippen LogP contribution >= 0.6 is 0 Å². The molecular formula is C18H28N2O3. The molecule has 1 aliphatic rings. The minimum Gasteiger partial charge on any atom is -0.492 e. The molecule has 5 nitrogen and oxygen atoms in total. The van der Waals surface area contributed by atoms with Crippen molar-refractivity contribution < 1.29 is 14.3 Å². The summed E-state index contributed by atoms with van der Waals surface area (Å²) in [5, 5.41) is 0. The average Bonchev–Trinajstić information content (AvgIpc) is 2.44. The van der Waals surface area contributed by atoms with Gasteiger partial charge < -0.3 is 19.3 Å². The lowest BCUT2D eigenvalue weighted by atomic mass is 10.00. The van der Waals surface area contributed by atoms with E-state index in [1.54, 1.807) is 4.90 Å². The van der Waals surface area contributed by atoms with Crippen LogP contribution in [0, 0.1) is 0 Å². The maximum atomic E-state index is 12.2. The molecule has 1 aromatic rings. The van der Waals surface area contributed by atoms with E-state index in [1.807, 2.05) is 47.0 Å². The van der Waals surface area contributed by atoms with Gasteiger partial charge in [0.05, 0.1) is 0 Å². The van der Waals surface area contributed by atoms with E-state index >= 15 is 0 Å². The quantitative estimate of drug-likeness (QED) is 0.855. The van der Waals surface area contributed by atoms with E-state index in [1.165, 1.54) is 5.56 Å². The number of rotatable bonds is 4. The molecule has 0 unspecified atom stereocenters. The van der Waals surface area contributed by atoms with E-state index in [4.69, 9.17) is 9.47 Å². The summed E-state index contributed by atoms with van der Waals surface area (Å²) in [6.45, 7) is 8.47. The molecule has 0 fully saturated rings. The van der Waals surface area contributed by atoms with Crippen LogP contribution in [-0.2, 0) is 17.7 Å². The van der Waals surface area contributed by atoms with Crippen molar-refractivity contribution >= 4 is 6.09 Å². The third-order valence-corrected chi connectivity index (χ3v) is 3.65. The number of hydrogen-bond acceptors (Lipinski definition) is 4. The molecule has 2 rings (SSSR count). The SMILES string of the molecule is CN(C)CCOc1ccc2c(c1)CN(C(=O)OC(C)(C)C)CC2. The highest BCUT2D eigenvalue weighted by molar-refractivity contribution is 5.68. The van der Waals surface area contributed by atoms with E-state index in [0.29, 0.717) is 19.7 Å². The summed E-state index contributed by atoms with van der Waals surface area (Å²) in [6, 6.07) is 6.16. The number of carbonyl (C=O) groups excluding carboxylic acids is 1. The highest BCUT2D eigenvalue weighted by Crippen LogP contribution is 2.25. The number of amides is 1. The summed E-state index contributed by atoms with van der Waals surface area (Å²) < 4.78 is 11.2. The Morgan fingerprint density at radius 1 is 1.26 bits per heavy atom. The lowest BCUT2D eigenvalue weighted by molar-refractivity contribution is 0.0223. The lowest BCUT2D eigenvalue weighted by Crippen LogP contribution is -2.39. The van der Waals surface area contributed by atoms with Crippen LogP contribution in [-0.4, -0.2) is 55.3 Å². The van der Waals surface area contributed by atoms with Crippen LogP contribution in [0.3, 0.4) is 0 Å². The summed E-state index contributed by atoms with van der Waals surface area (Å²) in [6.07, 6.45) is 0.606. The minimum atomic E-state index is -0.464. The van der Waals surface area contributed by atoms with Crippen LogP contribution in [0.25, 0.3) is 0 Å². The van der Waals surface area contributed by atoms with Gasteiger partial charge >= 0.3 is 6.09 Å². The lowest BCUT2D eigenvalue weighted by Gasteiger charge is -2.31. The zero-order chi connectivity index (χ0) is 17.0. The summed E-state index contributed by atoms with van der Waals surface area (Å²) in [4.78, 5) is 16.1. The van der Waals surface area contributed by atoms with Gasteiger partial charge in [-0.25, -0.2) is 4.79 Å². The maximum absolute atomic E-state index is 12.2. The molecule has 1 aliphatic heterocycles. The van der Waals surface area contributed by atoms with E-state index < -0.39 is 5.60 Å². The first-order chi connectivity index (χ1) is 10.7. The molecule has 5 heteroatoms. The van der Waals surface area contributed by atoms with Gasteiger partial charge in [0.2, 0.25) is 0 Å². The summed E-state index contributed by atoms with van der Waals surface area (Å²) in [5.41, 5.74) is 1.96. The largest absolute Gasteiger partial charge is 0.492 e. The summed E-state index contributed by atoms with van der Waals surface area (Å²) in [5.74, 6) is 0.858. The van der Waals surface area contributed by atoms with Gasteiger partial charge in [0.15, 0.2) is 0 Å². The molecule has 0 atom stereocenters. The normalized spacial score (nSPS) is 14.6. The molecule has 0 radical (unpaired) electrons. The Morgan fingerprint density at radius 2 is 2.00 bits per heavy atom. The van der Waals surface area contributed by atoms with Crippen LogP contribution in [0.1, 0.15) is 31.9 Å². The highest BCUT2D eigenvalue weighted by atomic mass is 16.6. The van der Waals surface area contributed by atoms with Gasteiger partial charge in [-0.1, -0.05) is 6.07 Å². The van der Waals surface area contributed by atoms with Crippen molar-refractivity contribution in [2.75, 3.05) is 33.8 Å². The molecule has 0 spiro atoms. The van der Waals surface area contributed by atoms with E-state index in [-0.39, 0.29) is 6.09 Å². The number of likely N-dealkylation sites (N-methyl/N-ethyl adjacent to an activating group) is 1. The predicted molar refractivity (Wildman–Crippen MR) is 90.8 cm³/mol. The molecule has 0 saturated heterocycles. The van der Waals surface area contributed by atoms with Crippen LogP contribution < -0.4 is 4.74 Å². The number of carbonyl (C=O) groups is 1. The standard InChI is InChI=1S/C18H28N2O3/c1-18(2,3)23-17(21)20-9-8-14-6-7-16(12-15(14)13-20)22-11-10-19(4)5/h6-7,12H,8-11,13H2,1-5H3. The van der Waals surface area contributed by atoms with Crippen LogP contribution in [0.15, 0.2) is 18.2 Å². The average molecular weight is 320 g/mol. The molecule has 1 heterocycles. The van der Waals surface area contributed by atoms with Gasteiger partial charge in [0.1, 0.15) is 18.0 Å². The monoisotopic (exact) mass is 320 g/mol. The van der Waals surface area contributed by atoms with E-state index in [2.05, 4.69) is 11.0 Å². The fourth-order valence-corrected chi connectivity index (χ4v) is 2.45. The molecular weight excluding hydrogens is 292 g/mol. The first-order valence-electron chi connectivity index (χ1n) is 8.12. The molecule has 0 bridgehead atoms. The number of hydrogen-bond donors (Lipinski definition) is 0.